The molecule has 1 fully saturated rings. The molecule has 1 aliphatic rings. The summed E-state index contributed by atoms with van der Waals surface area (Å²) in [4.78, 5) is 25.4. The van der Waals surface area contributed by atoms with Crippen LogP contribution in [0.2, 0.25) is 0 Å². The van der Waals surface area contributed by atoms with Crippen LogP contribution in [-0.4, -0.2) is 18.1 Å². The lowest BCUT2D eigenvalue weighted by molar-refractivity contribution is -0.117. The van der Waals surface area contributed by atoms with Crippen molar-refractivity contribution < 1.29 is 9.59 Å². The summed E-state index contributed by atoms with van der Waals surface area (Å²) >= 11 is 1.61. The van der Waals surface area contributed by atoms with Crippen molar-refractivity contribution >= 4 is 35.0 Å². The Hall–Kier alpha value is -2.27. The monoisotopic (exact) mass is 340 g/mol. The van der Waals surface area contributed by atoms with Gasteiger partial charge in [0.2, 0.25) is 5.91 Å². The second-order valence-corrected chi connectivity index (χ2v) is 6.86. The maximum Gasteiger partial charge on any atom is 0.255 e. The molecule has 4 nitrogen and oxygen atoms in total. The van der Waals surface area contributed by atoms with Crippen molar-refractivity contribution in [2.75, 3.05) is 16.9 Å². The minimum Gasteiger partial charge on any atom is -0.326 e. The molecule has 0 bridgehead atoms. The van der Waals surface area contributed by atoms with Crippen LogP contribution in [0.5, 0.6) is 0 Å². The summed E-state index contributed by atoms with van der Waals surface area (Å²) in [5.41, 5.74) is 2.97. The molecule has 2 amide bonds. The maximum atomic E-state index is 12.5. The average molecular weight is 340 g/mol. The van der Waals surface area contributed by atoms with Gasteiger partial charge in [-0.1, -0.05) is 12.1 Å². The third kappa shape index (κ3) is 3.97. The topological polar surface area (TPSA) is 58.2 Å². The van der Waals surface area contributed by atoms with E-state index in [-0.39, 0.29) is 17.7 Å². The quantitative estimate of drug-likeness (QED) is 0.797. The van der Waals surface area contributed by atoms with Crippen molar-refractivity contribution in [2.45, 2.75) is 24.7 Å². The second kappa shape index (κ2) is 7.09. The normalized spacial score (nSPS) is 13.4. The third-order valence-electron chi connectivity index (χ3n) is 4.03. The van der Waals surface area contributed by atoms with E-state index in [1.807, 2.05) is 49.6 Å². The van der Waals surface area contributed by atoms with Gasteiger partial charge >= 0.3 is 0 Å². The number of carbonyl (C=O) groups is 2. The summed E-state index contributed by atoms with van der Waals surface area (Å²) in [6.45, 7) is 1.92. The molecule has 0 aliphatic heterocycles. The molecule has 3 rings (SSSR count). The first-order valence-electron chi connectivity index (χ1n) is 7.94. The van der Waals surface area contributed by atoms with Crippen molar-refractivity contribution in [3.63, 3.8) is 0 Å². The van der Waals surface area contributed by atoms with Crippen molar-refractivity contribution in [2.24, 2.45) is 5.92 Å². The predicted octanol–water partition coefficient (Wildman–Crippen LogP) is 4.32. The number of hydrogen-bond acceptors (Lipinski definition) is 3. The molecule has 2 N–H and O–H groups in total. The third-order valence-corrected chi connectivity index (χ3v) is 4.75. The summed E-state index contributed by atoms with van der Waals surface area (Å²) in [6, 6.07) is 13.1. The second-order valence-electron chi connectivity index (χ2n) is 5.98. The molecule has 5 heteroatoms. The average Bonchev–Trinajstić information content (AvgIpc) is 3.40. The number of aryl methyl sites for hydroxylation is 1. The Labute approximate surface area is 146 Å². The van der Waals surface area contributed by atoms with Crippen LogP contribution in [0.15, 0.2) is 47.4 Å². The SMILES string of the molecule is CSc1ccc(C)c(C(=O)Nc2cccc(NC(=O)C3CC3)c2)c1. The van der Waals surface area contributed by atoms with Crippen molar-refractivity contribution in [1.82, 2.24) is 0 Å². The molecule has 0 atom stereocenters. The smallest absolute Gasteiger partial charge is 0.255 e. The van der Waals surface area contributed by atoms with E-state index < -0.39 is 0 Å². The lowest BCUT2D eigenvalue weighted by Crippen LogP contribution is -2.15. The predicted molar refractivity (Wildman–Crippen MR) is 98.7 cm³/mol. The summed E-state index contributed by atoms with van der Waals surface area (Å²) < 4.78 is 0. The van der Waals surface area contributed by atoms with Gasteiger partial charge in [-0.2, -0.15) is 0 Å². The Morgan fingerprint density at radius 1 is 1.04 bits per heavy atom. The first kappa shape index (κ1) is 16.6. The fraction of sp³-hybridized carbons (Fsp3) is 0.263. The Morgan fingerprint density at radius 2 is 1.75 bits per heavy atom. The number of benzene rings is 2. The maximum absolute atomic E-state index is 12.5. The fourth-order valence-corrected chi connectivity index (χ4v) is 2.88. The van der Waals surface area contributed by atoms with E-state index >= 15 is 0 Å². The van der Waals surface area contributed by atoms with Crippen LogP contribution in [0.1, 0.15) is 28.8 Å². The van der Waals surface area contributed by atoms with E-state index in [0.29, 0.717) is 16.9 Å². The van der Waals surface area contributed by atoms with Crippen LogP contribution in [0.25, 0.3) is 0 Å². The van der Waals surface area contributed by atoms with Crippen LogP contribution >= 0.6 is 11.8 Å². The number of rotatable bonds is 5. The van der Waals surface area contributed by atoms with E-state index in [1.54, 1.807) is 17.8 Å². The number of anilines is 2. The summed E-state index contributed by atoms with van der Waals surface area (Å²) in [5, 5.41) is 5.80. The van der Waals surface area contributed by atoms with Gasteiger partial charge in [0, 0.05) is 27.8 Å². The lowest BCUT2D eigenvalue weighted by atomic mass is 10.1. The van der Waals surface area contributed by atoms with Crippen LogP contribution < -0.4 is 10.6 Å². The van der Waals surface area contributed by atoms with Crippen molar-refractivity contribution in [1.29, 1.82) is 0 Å². The highest BCUT2D eigenvalue weighted by atomic mass is 32.2. The molecule has 0 aromatic heterocycles. The number of hydrogen-bond donors (Lipinski definition) is 2. The molecule has 0 heterocycles. The minimum atomic E-state index is -0.144. The standard InChI is InChI=1S/C19H20N2O2S/c1-12-6-9-16(24-2)11-17(12)19(23)21-15-5-3-4-14(10-15)20-18(22)13-7-8-13/h3-6,9-11,13H,7-8H2,1-2H3,(H,20,22)(H,21,23). The summed E-state index contributed by atoms with van der Waals surface area (Å²) in [6.07, 6.45) is 3.92. The molecule has 24 heavy (non-hydrogen) atoms. The largest absolute Gasteiger partial charge is 0.326 e. The summed E-state index contributed by atoms with van der Waals surface area (Å²) in [5.74, 6) is 0.0660. The Balaban J connectivity index is 1.73. The van der Waals surface area contributed by atoms with Crippen LogP contribution in [0.4, 0.5) is 11.4 Å². The Morgan fingerprint density at radius 3 is 2.42 bits per heavy atom. The Kier molecular flexibility index (Phi) is 4.90. The van der Waals surface area contributed by atoms with Gasteiger partial charge in [-0.15, -0.1) is 11.8 Å². The molecule has 2 aromatic rings. The van der Waals surface area contributed by atoms with Gasteiger partial charge in [-0.25, -0.2) is 0 Å². The van der Waals surface area contributed by atoms with E-state index in [4.69, 9.17) is 0 Å². The highest BCUT2D eigenvalue weighted by Crippen LogP contribution is 2.30. The molecule has 1 aliphatic carbocycles. The van der Waals surface area contributed by atoms with E-state index in [0.717, 1.165) is 23.3 Å². The van der Waals surface area contributed by atoms with Gasteiger partial charge in [0.05, 0.1) is 0 Å². The van der Waals surface area contributed by atoms with Gasteiger partial charge in [0.25, 0.3) is 5.91 Å². The zero-order valence-electron chi connectivity index (χ0n) is 13.8. The summed E-state index contributed by atoms with van der Waals surface area (Å²) in [7, 11) is 0. The zero-order valence-corrected chi connectivity index (χ0v) is 14.6. The van der Waals surface area contributed by atoms with E-state index in [1.165, 1.54) is 0 Å². The first-order chi connectivity index (χ1) is 11.6. The molecule has 0 radical (unpaired) electrons. The molecule has 0 saturated heterocycles. The molecule has 124 valence electrons. The van der Waals surface area contributed by atoms with Gasteiger partial charge < -0.3 is 10.6 Å². The molecule has 2 aromatic carbocycles. The zero-order chi connectivity index (χ0) is 17.1. The highest BCUT2D eigenvalue weighted by Gasteiger charge is 2.29. The highest BCUT2D eigenvalue weighted by molar-refractivity contribution is 7.98. The van der Waals surface area contributed by atoms with Crippen molar-refractivity contribution in [3.8, 4) is 0 Å². The molecular weight excluding hydrogens is 320 g/mol. The van der Waals surface area contributed by atoms with Crippen LogP contribution in [0.3, 0.4) is 0 Å². The van der Waals surface area contributed by atoms with Gasteiger partial charge in [-0.05, 0) is 61.9 Å². The molecule has 0 spiro atoms. The molecular formula is C19H20N2O2S. The Bertz CT molecular complexity index is 785. The first-order valence-corrected chi connectivity index (χ1v) is 9.16. The number of thioether (sulfide) groups is 1. The van der Waals surface area contributed by atoms with Crippen LogP contribution in [0, 0.1) is 12.8 Å². The van der Waals surface area contributed by atoms with Crippen molar-refractivity contribution in [3.05, 3.63) is 53.6 Å². The lowest BCUT2D eigenvalue weighted by Gasteiger charge is -2.11. The molecule has 1 saturated carbocycles. The molecule has 0 unspecified atom stereocenters. The van der Waals surface area contributed by atoms with Crippen LogP contribution in [-0.2, 0) is 4.79 Å². The minimum absolute atomic E-state index is 0.0574. The van der Waals surface area contributed by atoms with E-state index in [2.05, 4.69) is 10.6 Å². The van der Waals surface area contributed by atoms with E-state index in [9.17, 15) is 9.59 Å². The number of nitrogens with one attached hydrogen (secondary N) is 2. The number of amides is 2. The number of carbonyl (C=O) groups excluding carboxylic acids is 2. The van der Waals surface area contributed by atoms with Gasteiger partial charge in [-0.3, -0.25) is 9.59 Å². The van der Waals surface area contributed by atoms with Gasteiger partial charge in [0.15, 0.2) is 0 Å². The van der Waals surface area contributed by atoms with Gasteiger partial charge in [0.1, 0.15) is 0 Å². The fourth-order valence-electron chi connectivity index (χ4n) is 2.44.